The Kier molecular flexibility index (Phi) is 6.58. The molecule has 1 aliphatic heterocycles. The third-order valence-corrected chi connectivity index (χ3v) is 5.50. The van der Waals surface area contributed by atoms with Crippen molar-refractivity contribution in [2.75, 3.05) is 18.4 Å². The summed E-state index contributed by atoms with van der Waals surface area (Å²) < 4.78 is 0. The lowest BCUT2D eigenvalue weighted by Crippen LogP contribution is -2.40. The predicted molar refractivity (Wildman–Crippen MR) is 109 cm³/mol. The molecule has 26 heavy (non-hydrogen) atoms. The smallest absolute Gasteiger partial charge is 0.228 e. The van der Waals surface area contributed by atoms with E-state index < -0.39 is 0 Å². The molecule has 1 amide bonds. The van der Waals surface area contributed by atoms with Crippen molar-refractivity contribution < 1.29 is 4.79 Å². The van der Waals surface area contributed by atoms with Gasteiger partial charge in [0.1, 0.15) is 0 Å². The quantitative estimate of drug-likeness (QED) is 0.740. The summed E-state index contributed by atoms with van der Waals surface area (Å²) in [6.07, 6.45) is 2.93. The van der Waals surface area contributed by atoms with E-state index in [0.29, 0.717) is 10.0 Å². The summed E-state index contributed by atoms with van der Waals surface area (Å²) in [6, 6.07) is 13.7. The monoisotopic (exact) mass is 390 g/mol. The summed E-state index contributed by atoms with van der Waals surface area (Å²) in [4.78, 5) is 14.9. The molecule has 1 atom stereocenters. The lowest BCUT2D eigenvalue weighted by atomic mass is 9.96. The Morgan fingerprint density at radius 3 is 2.65 bits per heavy atom. The van der Waals surface area contributed by atoms with Gasteiger partial charge in [-0.15, -0.1) is 0 Å². The normalized spacial score (nSPS) is 17.9. The van der Waals surface area contributed by atoms with Crippen LogP contribution >= 0.6 is 23.2 Å². The van der Waals surface area contributed by atoms with E-state index in [1.807, 2.05) is 24.3 Å². The SMILES string of the molecule is CCc1ccc(NC(=O)C2CCCN(Cc3ccc(Cl)cc3Cl)C2)cc1. The molecule has 0 aromatic heterocycles. The minimum absolute atomic E-state index is 0.000627. The van der Waals surface area contributed by atoms with E-state index in [9.17, 15) is 4.79 Å². The number of nitrogens with one attached hydrogen (secondary N) is 1. The summed E-state index contributed by atoms with van der Waals surface area (Å²) in [5, 5.41) is 4.38. The number of rotatable bonds is 5. The number of nitrogens with zero attached hydrogens (tertiary/aromatic N) is 1. The number of carbonyl (C=O) groups excluding carboxylic acids is 1. The summed E-state index contributed by atoms with van der Waals surface area (Å²) in [5.74, 6) is 0.0989. The zero-order valence-corrected chi connectivity index (χ0v) is 16.5. The van der Waals surface area contributed by atoms with Gasteiger partial charge in [0.05, 0.1) is 5.92 Å². The fourth-order valence-electron chi connectivity index (χ4n) is 3.37. The van der Waals surface area contributed by atoms with E-state index in [1.54, 1.807) is 6.07 Å². The molecule has 138 valence electrons. The molecule has 1 saturated heterocycles. The van der Waals surface area contributed by atoms with Gasteiger partial charge in [-0.25, -0.2) is 0 Å². The molecule has 0 radical (unpaired) electrons. The van der Waals surface area contributed by atoms with Gasteiger partial charge < -0.3 is 5.32 Å². The van der Waals surface area contributed by atoms with Crippen LogP contribution in [0.5, 0.6) is 0 Å². The van der Waals surface area contributed by atoms with Gasteiger partial charge in [0, 0.05) is 28.8 Å². The first-order chi connectivity index (χ1) is 12.5. The standard InChI is InChI=1S/C21H24Cl2N2O/c1-2-15-5-9-19(10-6-15)24-21(26)17-4-3-11-25(14-17)13-16-7-8-18(22)12-20(16)23/h5-10,12,17H,2-4,11,13-14H2,1H3,(H,24,26). The second-order valence-corrected chi connectivity index (χ2v) is 7.69. The molecular formula is C21H24Cl2N2O. The van der Waals surface area contributed by atoms with Gasteiger partial charge in [-0.2, -0.15) is 0 Å². The molecular weight excluding hydrogens is 367 g/mol. The number of likely N-dealkylation sites (tertiary alicyclic amines) is 1. The molecule has 1 heterocycles. The lowest BCUT2D eigenvalue weighted by molar-refractivity contribution is -0.121. The molecule has 1 N–H and O–H groups in total. The Hall–Kier alpha value is -1.55. The molecule has 0 aliphatic carbocycles. The van der Waals surface area contributed by atoms with Gasteiger partial charge in [-0.3, -0.25) is 9.69 Å². The molecule has 0 saturated carbocycles. The Labute approximate surface area is 165 Å². The first kappa shape index (κ1) is 19.2. The van der Waals surface area contributed by atoms with Gasteiger partial charge in [-0.05, 0) is 61.2 Å². The molecule has 0 spiro atoms. The number of hydrogen-bond acceptors (Lipinski definition) is 2. The zero-order chi connectivity index (χ0) is 18.5. The molecule has 3 rings (SSSR count). The summed E-state index contributed by atoms with van der Waals surface area (Å²) in [6.45, 7) is 4.59. The Bertz CT molecular complexity index is 761. The van der Waals surface area contributed by atoms with Gasteiger partial charge in [-0.1, -0.05) is 48.3 Å². The largest absolute Gasteiger partial charge is 0.326 e. The van der Waals surface area contributed by atoms with Crippen LogP contribution in [-0.2, 0) is 17.8 Å². The van der Waals surface area contributed by atoms with Crippen LogP contribution in [0, 0.1) is 5.92 Å². The van der Waals surface area contributed by atoms with Crippen molar-refractivity contribution >= 4 is 34.8 Å². The summed E-state index contributed by atoms with van der Waals surface area (Å²) >= 11 is 12.3. The van der Waals surface area contributed by atoms with Crippen molar-refractivity contribution in [2.24, 2.45) is 5.92 Å². The van der Waals surface area contributed by atoms with E-state index >= 15 is 0 Å². The number of amides is 1. The highest BCUT2D eigenvalue weighted by Crippen LogP contribution is 2.25. The fourth-order valence-corrected chi connectivity index (χ4v) is 3.84. The van der Waals surface area contributed by atoms with Crippen LogP contribution in [0.25, 0.3) is 0 Å². The minimum atomic E-state index is 0.000627. The number of carbonyl (C=O) groups is 1. The predicted octanol–water partition coefficient (Wildman–Crippen LogP) is 5.41. The van der Waals surface area contributed by atoms with Crippen LogP contribution in [0.1, 0.15) is 30.9 Å². The van der Waals surface area contributed by atoms with E-state index in [2.05, 4.69) is 29.3 Å². The van der Waals surface area contributed by atoms with Crippen molar-refractivity contribution in [1.29, 1.82) is 0 Å². The maximum Gasteiger partial charge on any atom is 0.228 e. The van der Waals surface area contributed by atoms with Crippen molar-refractivity contribution in [1.82, 2.24) is 4.90 Å². The highest BCUT2D eigenvalue weighted by atomic mass is 35.5. The van der Waals surface area contributed by atoms with Crippen LogP contribution in [-0.4, -0.2) is 23.9 Å². The fraction of sp³-hybridized carbons (Fsp3) is 0.381. The first-order valence-electron chi connectivity index (χ1n) is 9.11. The van der Waals surface area contributed by atoms with E-state index in [-0.39, 0.29) is 11.8 Å². The van der Waals surface area contributed by atoms with Crippen LogP contribution in [0.3, 0.4) is 0 Å². The van der Waals surface area contributed by atoms with Crippen molar-refractivity contribution in [2.45, 2.75) is 32.7 Å². The number of benzene rings is 2. The highest BCUT2D eigenvalue weighted by Gasteiger charge is 2.26. The molecule has 5 heteroatoms. The van der Waals surface area contributed by atoms with Crippen molar-refractivity contribution in [3.05, 3.63) is 63.6 Å². The van der Waals surface area contributed by atoms with E-state index in [4.69, 9.17) is 23.2 Å². The Morgan fingerprint density at radius 1 is 1.19 bits per heavy atom. The molecule has 3 nitrogen and oxygen atoms in total. The maximum absolute atomic E-state index is 12.7. The summed E-state index contributed by atoms with van der Waals surface area (Å²) in [7, 11) is 0. The topological polar surface area (TPSA) is 32.3 Å². The Morgan fingerprint density at radius 2 is 1.96 bits per heavy atom. The third-order valence-electron chi connectivity index (χ3n) is 4.92. The van der Waals surface area contributed by atoms with Crippen LogP contribution in [0.15, 0.2) is 42.5 Å². The highest BCUT2D eigenvalue weighted by molar-refractivity contribution is 6.35. The number of anilines is 1. The van der Waals surface area contributed by atoms with Crippen molar-refractivity contribution in [3.8, 4) is 0 Å². The van der Waals surface area contributed by atoms with Crippen LogP contribution < -0.4 is 5.32 Å². The molecule has 0 bridgehead atoms. The van der Waals surface area contributed by atoms with Gasteiger partial charge in [0.15, 0.2) is 0 Å². The van der Waals surface area contributed by atoms with Crippen LogP contribution in [0.2, 0.25) is 10.0 Å². The summed E-state index contributed by atoms with van der Waals surface area (Å²) in [5.41, 5.74) is 3.18. The maximum atomic E-state index is 12.7. The van der Waals surface area contributed by atoms with E-state index in [0.717, 1.165) is 50.1 Å². The second-order valence-electron chi connectivity index (χ2n) is 6.85. The van der Waals surface area contributed by atoms with Crippen LogP contribution in [0.4, 0.5) is 5.69 Å². The number of halogens is 2. The minimum Gasteiger partial charge on any atom is -0.326 e. The molecule has 2 aromatic carbocycles. The average molecular weight is 391 g/mol. The molecule has 1 unspecified atom stereocenters. The number of hydrogen-bond donors (Lipinski definition) is 1. The van der Waals surface area contributed by atoms with Gasteiger partial charge in [0.25, 0.3) is 0 Å². The third kappa shape index (κ3) is 5.00. The zero-order valence-electron chi connectivity index (χ0n) is 15.0. The van der Waals surface area contributed by atoms with Crippen molar-refractivity contribution in [3.63, 3.8) is 0 Å². The molecule has 2 aromatic rings. The first-order valence-corrected chi connectivity index (χ1v) is 9.87. The van der Waals surface area contributed by atoms with E-state index in [1.165, 1.54) is 5.56 Å². The Balaban J connectivity index is 1.59. The number of aryl methyl sites for hydroxylation is 1. The number of piperidine rings is 1. The average Bonchev–Trinajstić information content (AvgIpc) is 2.65. The van der Waals surface area contributed by atoms with Gasteiger partial charge >= 0.3 is 0 Å². The lowest BCUT2D eigenvalue weighted by Gasteiger charge is -2.32. The molecule has 1 fully saturated rings. The molecule has 1 aliphatic rings. The second kappa shape index (κ2) is 8.90. The van der Waals surface area contributed by atoms with Gasteiger partial charge in [0.2, 0.25) is 5.91 Å².